The highest BCUT2D eigenvalue weighted by Crippen LogP contribution is 2.11. The lowest BCUT2D eigenvalue weighted by Gasteiger charge is -2.19. The van der Waals surface area contributed by atoms with Crippen LogP contribution in [0.25, 0.3) is 0 Å². The van der Waals surface area contributed by atoms with E-state index in [1.165, 1.54) is 12.3 Å². The fourth-order valence-corrected chi connectivity index (χ4v) is 6.58. The zero-order valence-electron chi connectivity index (χ0n) is 8.24. The van der Waals surface area contributed by atoms with Gasteiger partial charge in [-0.3, -0.25) is 4.79 Å². The molecule has 1 rings (SSSR count). The number of hydrogen-bond acceptors (Lipinski definition) is 4. The SMILES string of the molecule is C=COCCOC(=O)[SiH]1CCC[SiH2]O1. The van der Waals surface area contributed by atoms with Crippen molar-refractivity contribution in [2.75, 3.05) is 13.2 Å². The molecular formula is C8H16O4Si2. The summed E-state index contributed by atoms with van der Waals surface area (Å²) < 4.78 is 15.4. The van der Waals surface area contributed by atoms with Crippen LogP contribution < -0.4 is 0 Å². The molecule has 0 radical (unpaired) electrons. The van der Waals surface area contributed by atoms with Gasteiger partial charge >= 0.3 is 0 Å². The van der Waals surface area contributed by atoms with E-state index in [-0.39, 0.29) is 5.59 Å². The highest BCUT2D eigenvalue weighted by molar-refractivity contribution is 6.86. The van der Waals surface area contributed by atoms with E-state index >= 15 is 0 Å². The van der Waals surface area contributed by atoms with Gasteiger partial charge in [0.25, 0.3) is 14.6 Å². The van der Waals surface area contributed by atoms with E-state index < -0.39 is 18.8 Å². The van der Waals surface area contributed by atoms with Gasteiger partial charge in [-0.05, 0) is 12.1 Å². The third kappa shape index (κ3) is 4.08. The Morgan fingerprint density at radius 3 is 3.14 bits per heavy atom. The number of rotatable bonds is 5. The Kier molecular flexibility index (Phi) is 5.57. The van der Waals surface area contributed by atoms with Crippen LogP contribution in [0.2, 0.25) is 12.1 Å². The summed E-state index contributed by atoms with van der Waals surface area (Å²) >= 11 is 0. The summed E-state index contributed by atoms with van der Waals surface area (Å²) in [5.74, 6) is 0. The van der Waals surface area contributed by atoms with Crippen molar-refractivity contribution in [1.29, 1.82) is 0 Å². The average molecular weight is 232 g/mol. The molecule has 1 heterocycles. The number of ether oxygens (including phenoxy) is 2. The van der Waals surface area contributed by atoms with Gasteiger partial charge in [-0.15, -0.1) is 0 Å². The van der Waals surface area contributed by atoms with E-state index in [1.54, 1.807) is 0 Å². The van der Waals surface area contributed by atoms with Gasteiger partial charge in [-0.1, -0.05) is 13.0 Å². The zero-order valence-corrected chi connectivity index (χ0v) is 10.8. The Morgan fingerprint density at radius 2 is 2.50 bits per heavy atom. The van der Waals surface area contributed by atoms with Crippen LogP contribution in [0.15, 0.2) is 12.8 Å². The molecule has 0 aromatic carbocycles. The molecule has 1 aliphatic heterocycles. The predicted octanol–water partition coefficient (Wildman–Crippen LogP) is 0.511. The molecule has 6 heteroatoms. The molecule has 0 N–H and O–H groups in total. The quantitative estimate of drug-likeness (QED) is 0.394. The number of carbonyl (C=O) groups is 1. The molecule has 1 atom stereocenters. The van der Waals surface area contributed by atoms with Crippen LogP contribution in [-0.2, 0) is 13.6 Å². The Labute approximate surface area is 87.9 Å². The second-order valence-corrected chi connectivity index (χ2v) is 7.53. The summed E-state index contributed by atoms with van der Waals surface area (Å²) in [6, 6.07) is 2.14. The third-order valence-corrected chi connectivity index (χ3v) is 6.97. The van der Waals surface area contributed by atoms with Crippen LogP contribution in [0.3, 0.4) is 0 Å². The summed E-state index contributed by atoms with van der Waals surface area (Å²) in [4.78, 5) is 11.4. The van der Waals surface area contributed by atoms with Crippen molar-refractivity contribution in [2.45, 2.75) is 18.5 Å². The van der Waals surface area contributed by atoms with Crippen molar-refractivity contribution in [3.63, 3.8) is 0 Å². The van der Waals surface area contributed by atoms with Crippen molar-refractivity contribution in [3.05, 3.63) is 12.8 Å². The van der Waals surface area contributed by atoms with Gasteiger partial charge in [0.15, 0.2) is 0 Å². The van der Waals surface area contributed by atoms with E-state index in [2.05, 4.69) is 6.58 Å². The Balaban J connectivity index is 2.10. The lowest BCUT2D eigenvalue weighted by molar-refractivity contribution is 0.128. The Morgan fingerprint density at radius 1 is 1.64 bits per heavy atom. The fraction of sp³-hybridized carbons (Fsp3) is 0.625. The minimum Gasteiger partial charge on any atom is -0.498 e. The van der Waals surface area contributed by atoms with Crippen molar-refractivity contribution in [2.24, 2.45) is 0 Å². The van der Waals surface area contributed by atoms with Crippen molar-refractivity contribution in [3.8, 4) is 0 Å². The summed E-state index contributed by atoms with van der Waals surface area (Å²) in [5, 5.41) is 0. The maximum absolute atomic E-state index is 11.4. The molecule has 80 valence electrons. The molecule has 0 bridgehead atoms. The fourth-order valence-electron chi connectivity index (χ4n) is 1.29. The molecule has 1 fully saturated rings. The highest BCUT2D eigenvalue weighted by Gasteiger charge is 2.25. The molecule has 0 aliphatic carbocycles. The van der Waals surface area contributed by atoms with Gasteiger partial charge in [-0.25, -0.2) is 0 Å². The van der Waals surface area contributed by atoms with E-state index in [0.29, 0.717) is 13.2 Å². The topological polar surface area (TPSA) is 44.8 Å². The van der Waals surface area contributed by atoms with Gasteiger partial charge in [0.05, 0.1) is 6.26 Å². The maximum atomic E-state index is 11.4. The van der Waals surface area contributed by atoms with E-state index in [0.717, 1.165) is 12.5 Å². The minimum atomic E-state index is -1.65. The molecule has 14 heavy (non-hydrogen) atoms. The molecule has 0 saturated carbocycles. The Hall–Kier alpha value is -0.596. The first-order valence-corrected chi connectivity index (χ1v) is 8.29. The first-order chi connectivity index (χ1) is 6.84. The summed E-state index contributed by atoms with van der Waals surface area (Å²) in [6.07, 6.45) is 2.50. The molecule has 4 nitrogen and oxygen atoms in total. The van der Waals surface area contributed by atoms with Gasteiger partial charge in [-0.2, -0.15) is 0 Å². The van der Waals surface area contributed by atoms with Crippen molar-refractivity contribution >= 4 is 24.4 Å². The predicted molar refractivity (Wildman–Crippen MR) is 58.5 cm³/mol. The second-order valence-electron chi connectivity index (χ2n) is 3.06. The number of hydrogen-bond donors (Lipinski definition) is 0. The zero-order chi connectivity index (χ0) is 10.2. The molecule has 0 spiro atoms. The average Bonchev–Trinajstić information content (AvgIpc) is 2.25. The number of carbonyl (C=O) groups excluding carboxylic acids is 1. The molecule has 0 amide bonds. The molecule has 1 saturated heterocycles. The summed E-state index contributed by atoms with van der Waals surface area (Å²) in [5.41, 5.74) is -0.107. The van der Waals surface area contributed by atoms with E-state index in [4.69, 9.17) is 13.6 Å². The van der Waals surface area contributed by atoms with Gasteiger partial charge in [0.2, 0.25) is 0 Å². The van der Waals surface area contributed by atoms with E-state index in [9.17, 15) is 4.79 Å². The van der Waals surface area contributed by atoms with Crippen molar-refractivity contribution in [1.82, 2.24) is 0 Å². The largest absolute Gasteiger partial charge is 0.498 e. The van der Waals surface area contributed by atoms with Crippen molar-refractivity contribution < 1.29 is 18.4 Å². The molecule has 0 aromatic rings. The maximum Gasteiger partial charge on any atom is 0.299 e. The minimum absolute atomic E-state index is 0.107. The normalized spacial score (nSPS) is 23.0. The molecule has 1 aliphatic rings. The second kappa shape index (κ2) is 6.80. The van der Waals surface area contributed by atoms with Gasteiger partial charge < -0.3 is 13.6 Å². The lowest BCUT2D eigenvalue weighted by Crippen LogP contribution is -2.35. The lowest BCUT2D eigenvalue weighted by atomic mass is 10.6. The van der Waals surface area contributed by atoms with Crippen LogP contribution >= 0.6 is 0 Å². The highest BCUT2D eigenvalue weighted by atomic mass is 28.3. The monoisotopic (exact) mass is 232 g/mol. The van der Waals surface area contributed by atoms with E-state index in [1.807, 2.05) is 0 Å². The summed E-state index contributed by atoms with van der Waals surface area (Å²) in [7, 11) is -2.05. The van der Waals surface area contributed by atoms with Gasteiger partial charge in [0.1, 0.15) is 23.0 Å². The third-order valence-electron chi connectivity index (χ3n) is 2.01. The standard InChI is InChI=1S/C8H16O4Si2/c1-2-10-4-5-11-8(9)14-7-3-6-13-12-14/h2,14H,1,3-7,13H2. The molecule has 0 aromatic heterocycles. The van der Waals surface area contributed by atoms with Crippen LogP contribution in [0.5, 0.6) is 0 Å². The van der Waals surface area contributed by atoms with Crippen LogP contribution in [0.1, 0.15) is 6.42 Å². The van der Waals surface area contributed by atoms with Crippen LogP contribution in [-0.4, -0.2) is 37.6 Å². The smallest absolute Gasteiger partial charge is 0.299 e. The summed E-state index contributed by atoms with van der Waals surface area (Å²) in [6.45, 7) is 4.08. The van der Waals surface area contributed by atoms with Gasteiger partial charge in [0, 0.05) is 0 Å². The first kappa shape index (κ1) is 11.5. The van der Waals surface area contributed by atoms with Crippen LogP contribution in [0, 0.1) is 0 Å². The first-order valence-electron chi connectivity index (χ1n) is 4.85. The Bertz CT molecular complexity index is 192. The molecule has 1 unspecified atom stereocenters. The van der Waals surface area contributed by atoms with Crippen LogP contribution in [0.4, 0.5) is 4.79 Å². The molecular weight excluding hydrogens is 216 g/mol.